The van der Waals surface area contributed by atoms with Crippen LogP contribution in [0.2, 0.25) is 0 Å². The van der Waals surface area contributed by atoms with Crippen molar-refractivity contribution in [1.82, 2.24) is 25.0 Å². The third-order valence-corrected chi connectivity index (χ3v) is 9.28. The van der Waals surface area contributed by atoms with Gasteiger partial charge < -0.3 is 14.5 Å². The quantitative estimate of drug-likeness (QED) is 0.322. The molecule has 2 aliphatic rings. The Morgan fingerprint density at radius 3 is 2.77 bits per heavy atom. The number of rotatable bonds is 5. The van der Waals surface area contributed by atoms with Gasteiger partial charge in [-0.1, -0.05) is 12.1 Å². The molecule has 0 radical (unpaired) electrons. The van der Waals surface area contributed by atoms with E-state index in [1.807, 2.05) is 24.4 Å². The molecule has 0 saturated carbocycles. The summed E-state index contributed by atoms with van der Waals surface area (Å²) in [5.74, 6) is 1.36. The highest BCUT2D eigenvalue weighted by Gasteiger charge is 2.27. The number of H-pyrrole nitrogens is 1. The van der Waals surface area contributed by atoms with Crippen LogP contribution in [-0.4, -0.2) is 77.9 Å². The number of nitrogens with one attached hydrogen (secondary N) is 1. The summed E-state index contributed by atoms with van der Waals surface area (Å²) in [6.45, 7) is 4.69. The monoisotopic (exact) mass is 597 g/mol. The molecule has 43 heavy (non-hydrogen) atoms. The van der Waals surface area contributed by atoms with Crippen LogP contribution in [0.15, 0.2) is 71.9 Å². The average molecular weight is 598 g/mol. The van der Waals surface area contributed by atoms with Gasteiger partial charge in [0.05, 0.1) is 36.5 Å². The standard InChI is InChI=1S/C31H31N7O4S/c1-20-19-42-14-13-36(20)29-17-25(26-18-33-38(30(26)34-29)28-10-11-32-35-28)21-8-9-27-22(15-21)6-4-12-37(27)31(39)23-5-3-7-24(16-23)43(2,40)41/h3,5,7-11,15-18,20H,4,6,12-14,19H2,1-2H3,(H,32,35)/t20-/m1/s1. The molecule has 1 amide bonds. The number of ether oxygens (including phenoxy) is 1. The molecule has 1 saturated heterocycles. The number of carbonyl (C=O) groups is 1. The van der Waals surface area contributed by atoms with Crippen molar-refractivity contribution in [2.24, 2.45) is 0 Å². The van der Waals surface area contributed by atoms with E-state index in [9.17, 15) is 13.2 Å². The molecule has 0 unspecified atom stereocenters. The molecule has 7 rings (SSSR count). The first-order valence-electron chi connectivity index (χ1n) is 14.3. The summed E-state index contributed by atoms with van der Waals surface area (Å²) in [6.07, 6.45) is 6.29. The third-order valence-electron chi connectivity index (χ3n) is 8.17. The largest absolute Gasteiger partial charge is 0.377 e. The number of sulfone groups is 1. The molecule has 1 fully saturated rings. The second kappa shape index (κ2) is 10.6. The fourth-order valence-electron chi connectivity index (χ4n) is 5.97. The summed E-state index contributed by atoms with van der Waals surface area (Å²) in [4.78, 5) is 22.8. The number of aromatic nitrogens is 5. The number of aryl methyl sites for hydroxylation is 1. The Morgan fingerprint density at radius 2 is 1.98 bits per heavy atom. The van der Waals surface area contributed by atoms with Gasteiger partial charge in [0.25, 0.3) is 5.91 Å². The smallest absolute Gasteiger partial charge is 0.258 e. The van der Waals surface area contributed by atoms with E-state index in [4.69, 9.17) is 9.72 Å². The van der Waals surface area contributed by atoms with Gasteiger partial charge in [-0.15, -0.1) is 0 Å². The van der Waals surface area contributed by atoms with Crippen LogP contribution in [0.4, 0.5) is 11.5 Å². The van der Waals surface area contributed by atoms with Crippen molar-refractivity contribution < 1.29 is 17.9 Å². The van der Waals surface area contributed by atoms with Gasteiger partial charge in [-0.25, -0.2) is 13.4 Å². The van der Waals surface area contributed by atoms with Crippen LogP contribution in [-0.2, 0) is 21.0 Å². The molecular formula is C31H31N7O4S. The van der Waals surface area contributed by atoms with E-state index < -0.39 is 9.84 Å². The number of nitrogens with zero attached hydrogens (tertiary/aromatic N) is 6. The first-order valence-corrected chi connectivity index (χ1v) is 16.2. The van der Waals surface area contributed by atoms with Crippen LogP contribution in [0, 0.1) is 0 Å². The number of benzene rings is 2. The van der Waals surface area contributed by atoms with Crippen LogP contribution in [0.3, 0.4) is 0 Å². The van der Waals surface area contributed by atoms with Gasteiger partial charge in [-0.3, -0.25) is 9.89 Å². The third kappa shape index (κ3) is 4.96. The number of morpholine rings is 1. The zero-order valence-electron chi connectivity index (χ0n) is 23.9. The minimum absolute atomic E-state index is 0.133. The number of hydrogen-bond donors (Lipinski definition) is 1. The van der Waals surface area contributed by atoms with Crippen molar-refractivity contribution >= 4 is 38.3 Å². The maximum absolute atomic E-state index is 13.6. The summed E-state index contributed by atoms with van der Waals surface area (Å²) >= 11 is 0. The van der Waals surface area contributed by atoms with Crippen molar-refractivity contribution in [2.45, 2.75) is 30.7 Å². The average Bonchev–Trinajstić information content (AvgIpc) is 3.70. The van der Waals surface area contributed by atoms with Gasteiger partial charge in [-0.2, -0.15) is 14.9 Å². The van der Waals surface area contributed by atoms with E-state index in [1.54, 1.807) is 27.9 Å². The topological polar surface area (TPSA) is 126 Å². The molecule has 2 aliphatic heterocycles. The minimum atomic E-state index is -3.43. The SMILES string of the molecule is C[C@@H]1COCCN1c1cc(-c2ccc3c(c2)CCCN3C(=O)c2cccc(S(C)(=O)=O)c2)c2cnn(-c3ccn[nH]3)c2n1. The van der Waals surface area contributed by atoms with Gasteiger partial charge in [0.15, 0.2) is 21.3 Å². The lowest BCUT2D eigenvalue weighted by molar-refractivity contribution is 0.0983. The number of amides is 1. The van der Waals surface area contributed by atoms with E-state index in [2.05, 4.69) is 39.3 Å². The molecule has 0 bridgehead atoms. The maximum atomic E-state index is 13.6. The van der Waals surface area contributed by atoms with Crippen molar-refractivity contribution in [3.8, 4) is 16.9 Å². The summed E-state index contributed by atoms with van der Waals surface area (Å²) < 4.78 is 31.7. The Balaban J connectivity index is 1.31. The predicted octanol–water partition coefficient (Wildman–Crippen LogP) is 4.03. The van der Waals surface area contributed by atoms with Crippen LogP contribution in [0.1, 0.15) is 29.3 Å². The lowest BCUT2D eigenvalue weighted by atomic mass is 9.95. The first-order chi connectivity index (χ1) is 20.8. The molecule has 5 heterocycles. The van der Waals surface area contributed by atoms with E-state index in [0.29, 0.717) is 25.3 Å². The molecule has 0 aliphatic carbocycles. The Bertz CT molecular complexity index is 1950. The van der Waals surface area contributed by atoms with Crippen molar-refractivity contribution in [3.05, 3.63) is 78.1 Å². The van der Waals surface area contributed by atoms with Gasteiger partial charge in [0, 0.05) is 42.0 Å². The van der Waals surface area contributed by atoms with E-state index in [1.165, 1.54) is 12.1 Å². The minimum Gasteiger partial charge on any atom is -0.377 e. The predicted molar refractivity (Wildman–Crippen MR) is 164 cm³/mol. The highest BCUT2D eigenvalue weighted by atomic mass is 32.2. The number of carbonyl (C=O) groups excluding carboxylic acids is 1. The van der Waals surface area contributed by atoms with Crippen molar-refractivity contribution in [1.29, 1.82) is 0 Å². The molecule has 2 aromatic carbocycles. The van der Waals surface area contributed by atoms with Gasteiger partial charge in [-0.05, 0) is 72.9 Å². The molecular weight excluding hydrogens is 566 g/mol. The Hall–Kier alpha value is -4.55. The van der Waals surface area contributed by atoms with E-state index in [0.717, 1.165) is 70.7 Å². The maximum Gasteiger partial charge on any atom is 0.258 e. The van der Waals surface area contributed by atoms with E-state index in [-0.39, 0.29) is 16.8 Å². The summed E-state index contributed by atoms with van der Waals surface area (Å²) in [5.41, 5.74) is 4.97. The number of pyridine rings is 1. The number of aromatic amines is 1. The summed E-state index contributed by atoms with van der Waals surface area (Å²) in [7, 11) is -3.43. The lowest BCUT2D eigenvalue weighted by Crippen LogP contribution is -2.44. The normalized spacial score (nSPS) is 17.3. The summed E-state index contributed by atoms with van der Waals surface area (Å²) in [5, 5.41) is 12.6. The van der Waals surface area contributed by atoms with Crippen LogP contribution < -0.4 is 9.80 Å². The first kappa shape index (κ1) is 27.3. The summed E-state index contributed by atoms with van der Waals surface area (Å²) in [6, 6.07) is 16.6. The number of hydrogen-bond acceptors (Lipinski definition) is 8. The van der Waals surface area contributed by atoms with Crippen molar-refractivity contribution in [2.75, 3.05) is 42.4 Å². The molecule has 0 spiro atoms. The molecule has 3 aromatic heterocycles. The fourth-order valence-corrected chi connectivity index (χ4v) is 6.64. The van der Waals surface area contributed by atoms with Gasteiger partial charge in [0.1, 0.15) is 5.82 Å². The fraction of sp³-hybridized carbons (Fsp3) is 0.290. The van der Waals surface area contributed by atoms with Crippen LogP contribution in [0.25, 0.3) is 28.0 Å². The van der Waals surface area contributed by atoms with Gasteiger partial charge in [0.2, 0.25) is 0 Å². The van der Waals surface area contributed by atoms with Gasteiger partial charge >= 0.3 is 0 Å². The highest BCUT2D eigenvalue weighted by molar-refractivity contribution is 7.90. The molecule has 11 nitrogen and oxygen atoms in total. The second-order valence-electron chi connectivity index (χ2n) is 11.1. The Kier molecular flexibility index (Phi) is 6.74. The van der Waals surface area contributed by atoms with Crippen LogP contribution >= 0.6 is 0 Å². The molecule has 220 valence electrons. The molecule has 12 heteroatoms. The highest BCUT2D eigenvalue weighted by Crippen LogP contribution is 2.37. The Labute approximate surface area is 249 Å². The zero-order chi connectivity index (χ0) is 29.7. The number of fused-ring (bicyclic) bond motifs is 2. The number of anilines is 2. The second-order valence-corrected chi connectivity index (χ2v) is 13.1. The van der Waals surface area contributed by atoms with Crippen molar-refractivity contribution in [3.63, 3.8) is 0 Å². The molecule has 1 N–H and O–H groups in total. The molecule has 1 atom stereocenters. The lowest BCUT2D eigenvalue weighted by Gasteiger charge is -2.34. The van der Waals surface area contributed by atoms with Crippen LogP contribution in [0.5, 0.6) is 0 Å². The molecule has 5 aromatic rings. The Morgan fingerprint density at radius 1 is 1.09 bits per heavy atom. The van der Waals surface area contributed by atoms with E-state index >= 15 is 0 Å². The zero-order valence-corrected chi connectivity index (χ0v) is 24.7.